The van der Waals surface area contributed by atoms with Crippen molar-refractivity contribution in [2.45, 2.75) is 19.3 Å². The maximum Gasteiger partial charge on any atom is 0.0814 e. The highest BCUT2D eigenvalue weighted by Gasteiger charge is 2.05. The largest absolute Gasteiger partial charge is 0.0814 e. The predicted molar refractivity (Wildman–Crippen MR) is 57.9 cm³/mol. The van der Waals surface area contributed by atoms with Crippen LogP contribution in [-0.4, -0.2) is 4.32 Å². The van der Waals surface area contributed by atoms with E-state index >= 15 is 0 Å². The van der Waals surface area contributed by atoms with Crippen LogP contribution in [0.2, 0.25) is 0 Å². The first-order valence-electron chi connectivity index (χ1n) is 3.93. The molecule has 1 rings (SSSR count). The molecule has 0 saturated carbocycles. The minimum absolute atomic E-state index is 0.427. The molecular formula is C10H11ClS. The molecule has 0 saturated heterocycles. The fourth-order valence-corrected chi connectivity index (χ4v) is 1.62. The summed E-state index contributed by atoms with van der Waals surface area (Å²) in [6.07, 6.45) is 0.779. The summed E-state index contributed by atoms with van der Waals surface area (Å²) in [5, 5.41) is 0. The molecular weight excluding hydrogens is 188 g/mol. The second-order valence-electron chi connectivity index (χ2n) is 2.87. The maximum atomic E-state index is 5.65. The van der Waals surface area contributed by atoms with E-state index in [1.54, 1.807) is 0 Å². The van der Waals surface area contributed by atoms with Crippen LogP contribution < -0.4 is 0 Å². The molecule has 0 radical (unpaired) electrons. The third-order valence-electron chi connectivity index (χ3n) is 1.84. The first kappa shape index (κ1) is 9.69. The van der Waals surface area contributed by atoms with Crippen molar-refractivity contribution in [3.05, 3.63) is 35.9 Å². The zero-order valence-electron chi connectivity index (χ0n) is 6.96. The van der Waals surface area contributed by atoms with Gasteiger partial charge in [0.25, 0.3) is 0 Å². The van der Waals surface area contributed by atoms with Gasteiger partial charge < -0.3 is 0 Å². The van der Waals surface area contributed by atoms with Gasteiger partial charge >= 0.3 is 0 Å². The number of thiocarbonyl (C=S) groups is 1. The Kier molecular flexibility index (Phi) is 3.70. The quantitative estimate of drug-likeness (QED) is 0.527. The second-order valence-corrected chi connectivity index (χ2v) is 4.04. The van der Waals surface area contributed by atoms with Gasteiger partial charge in [0.1, 0.15) is 0 Å². The van der Waals surface area contributed by atoms with Gasteiger partial charge in [-0.05, 0) is 11.5 Å². The molecule has 64 valence electrons. The van der Waals surface area contributed by atoms with Gasteiger partial charge in [0, 0.05) is 6.42 Å². The molecule has 0 nitrogen and oxygen atoms in total. The highest BCUT2D eigenvalue weighted by atomic mass is 35.5. The summed E-state index contributed by atoms with van der Waals surface area (Å²) >= 11 is 10.5. The van der Waals surface area contributed by atoms with Crippen LogP contribution in [0.1, 0.15) is 24.8 Å². The minimum Gasteiger partial charge on any atom is -0.0765 e. The summed E-state index contributed by atoms with van der Waals surface area (Å²) in [7, 11) is 0. The second kappa shape index (κ2) is 4.58. The molecule has 0 fully saturated rings. The van der Waals surface area contributed by atoms with E-state index < -0.39 is 0 Å². The molecule has 0 amide bonds. The van der Waals surface area contributed by atoms with Gasteiger partial charge in [-0.1, -0.05) is 61.1 Å². The molecule has 1 atom stereocenters. The van der Waals surface area contributed by atoms with Crippen molar-refractivity contribution in [3.8, 4) is 0 Å². The average molecular weight is 199 g/mol. The smallest absolute Gasteiger partial charge is 0.0765 e. The monoisotopic (exact) mass is 198 g/mol. The van der Waals surface area contributed by atoms with Crippen molar-refractivity contribution < 1.29 is 0 Å². The van der Waals surface area contributed by atoms with Crippen molar-refractivity contribution in [1.82, 2.24) is 0 Å². The summed E-state index contributed by atoms with van der Waals surface area (Å²) in [5.41, 5.74) is 1.29. The number of hydrogen-bond acceptors (Lipinski definition) is 1. The molecule has 0 bridgehead atoms. The van der Waals surface area contributed by atoms with E-state index in [0.717, 1.165) is 6.42 Å². The van der Waals surface area contributed by atoms with Crippen molar-refractivity contribution in [2.24, 2.45) is 0 Å². The maximum absolute atomic E-state index is 5.65. The van der Waals surface area contributed by atoms with Crippen LogP contribution in [-0.2, 0) is 0 Å². The molecule has 0 aliphatic carbocycles. The van der Waals surface area contributed by atoms with Gasteiger partial charge in [0.15, 0.2) is 0 Å². The van der Waals surface area contributed by atoms with Crippen LogP contribution in [0.25, 0.3) is 0 Å². The average Bonchev–Trinajstić information content (AvgIpc) is 2.05. The zero-order valence-corrected chi connectivity index (χ0v) is 8.53. The number of halogens is 1. The van der Waals surface area contributed by atoms with Gasteiger partial charge in [-0.25, -0.2) is 0 Å². The van der Waals surface area contributed by atoms with Crippen LogP contribution in [0.4, 0.5) is 0 Å². The first-order chi connectivity index (χ1) is 5.70. The van der Waals surface area contributed by atoms with Crippen LogP contribution in [0.15, 0.2) is 30.3 Å². The Hall–Kier alpha value is -0.400. The highest BCUT2D eigenvalue weighted by molar-refractivity contribution is 7.83. The van der Waals surface area contributed by atoms with E-state index in [4.69, 9.17) is 23.8 Å². The molecule has 0 spiro atoms. The Balaban J connectivity index is 2.65. The van der Waals surface area contributed by atoms with Crippen molar-refractivity contribution >= 4 is 28.1 Å². The molecule has 1 aromatic carbocycles. The molecule has 0 aromatic heterocycles. The fraction of sp³-hybridized carbons (Fsp3) is 0.300. The van der Waals surface area contributed by atoms with Gasteiger partial charge in [0.05, 0.1) is 4.32 Å². The van der Waals surface area contributed by atoms with E-state index in [-0.39, 0.29) is 0 Å². The van der Waals surface area contributed by atoms with E-state index in [2.05, 4.69) is 19.1 Å². The Labute approximate surface area is 83.6 Å². The van der Waals surface area contributed by atoms with Crippen molar-refractivity contribution in [3.63, 3.8) is 0 Å². The molecule has 0 aliphatic heterocycles. The summed E-state index contributed by atoms with van der Waals surface area (Å²) in [5.74, 6) is 0.427. The molecule has 1 aromatic rings. The third-order valence-corrected chi connectivity index (χ3v) is 2.16. The van der Waals surface area contributed by atoms with Crippen LogP contribution in [0.3, 0.4) is 0 Å². The topological polar surface area (TPSA) is 0 Å². The fourth-order valence-electron chi connectivity index (χ4n) is 1.14. The standard InChI is InChI=1S/C10H11ClS/c1-8(7-10(11)12)9-5-3-2-4-6-9/h2-6,8H,7H2,1H3. The SMILES string of the molecule is CC(CC(=S)Cl)c1ccccc1. The van der Waals surface area contributed by atoms with E-state index in [1.165, 1.54) is 5.56 Å². The van der Waals surface area contributed by atoms with Crippen LogP contribution in [0, 0.1) is 0 Å². The lowest BCUT2D eigenvalue weighted by atomic mass is 9.99. The normalized spacial score (nSPS) is 12.5. The Morgan fingerprint density at radius 2 is 2.00 bits per heavy atom. The first-order valence-corrected chi connectivity index (χ1v) is 4.72. The zero-order chi connectivity index (χ0) is 8.97. The third kappa shape index (κ3) is 2.92. The Morgan fingerprint density at radius 1 is 1.42 bits per heavy atom. The molecule has 0 heterocycles. The van der Waals surface area contributed by atoms with Crippen LogP contribution in [0.5, 0.6) is 0 Å². The summed E-state index contributed by atoms with van der Waals surface area (Å²) in [6.45, 7) is 2.13. The lowest BCUT2D eigenvalue weighted by molar-refractivity contribution is 0.815. The molecule has 12 heavy (non-hydrogen) atoms. The number of benzene rings is 1. The molecule has 0 N–H and O–H groups in total. The molecule has 1 unspecified atom stereocenters. The lowest BCUT2D eigenvalue weighted by Crippen LogP contribution is -1.96. The van der Waals surface area contributed by atoms with E-state index in [1.807, 2.05) is 18.2 Å². The van der Waals surface area contributed by atoms with Crippen molar-refractivity contribution in [2.75, 3.05) is 0 Å². The van der Waals surface area contributed by atoms with Gasteiger partial charge in [-0.15, -0.1) is 0 Å². The van der Waals surface area contributed by atoms with Gasteiger partial charge in [-0.2, -0.15) is 0 Å². The predicted octanol–water partition coefficient (Wildman–Crippen LogP) is 3.75. The van der Waals surface area contributed by atoms with Crippen LogP contribution >= 0.6 is 23.8 Å². The minimum atomic E-state index is 0.427. The van der Waals surface area contributed by atoms with Crippen molar-refractivity contribution in [1.29, 1.82) is 0 Å². The molecule has 2 heteroatoms. The highest BCUT2D eigenvalue weighted by Crippen LogP contribution is 2.19. The Bertz CT molecular complexity index is 256. The Morgan fingerprint density at radius 3 is 2.50 bits per heavy atom. The summed E-state index contributed by atoms with van der Waals surface area (Å²) in [6, 6.07) is 10.3. The van der Waals surface area contributed by atoms with E-state index in [9.17, 15) is 0 Å². The molecule has 0 aliphatic rings. The number of rotatable bonds is 3. The van der Waals surface area contributed by atoms with Gasteiger partial charge in [-0.3, -0.25) is 0 Å². The number of hydrogen-bond donors (Lipinski definition) is 0. The summed E-state index contributed by atoms with van der Waals surface area (Å²) < 4.78 is 0.561. The summed E-state index contributed by atoms with van der Waals surface area (Å²) in [4.78, 5) is 0. The van der Waals surface area contributed by atoms with E-state index in [0.29, 0.717) is 10.2 Å². The lowest BCUT2D eigenvalue weighted by Gasteiger charge is -2.08. The van der Waals surface area contributed by atoms with Gasteiger partial charge in [0.2, 0.25) is 0 Å².